The van der Waals surface area contributed by atoms with Gasteiger partial charge in [0.15, 0.2) is 0 Å². The maximum atomic E-state index is 11.3. The Morgan fingerprint density at radius 3 is 2.31 bits per heavy atom. The average molecular weight is 241 g/mol. The van der Waals surface area contributed by atoms with E-state index in [-0.39, 0.29) is 5.97 Å². The highest BCUT2D eigenvalue weighted by Gasteiger charge is 2.16. The lowest BCUT2D eigenvalue weighted by Crippen LogP contribution is -2.20. The summed E-state index contributed by atoms with van der Waals surface area (Å²) in [6, 6.07) is 8.13. The summed E-state index contributed by atoms with van der Waals surface area (Å²) in [5, 5.41) is -0.590. The van der Waals surface area contributed by atoms with Gasteiger partial charge in [-0.2, -0.15) is 0 Å². The lowest BCUT2D eigenvalue weighted by Gasteiger charge is -2.08. The first-order chi connectivity index (χ1) is 7.67. The van der Waals surface area contributed by atoms with Gasteiger partial charge in [0.2, 0.25) is 0 Å². The molecule has 0 saturated carbocycles. The van der Waals surface area contributed by atoms with Gasteiger partial charge in [-0.1, -0.05) is 31.2 Å². The van der Waals surface area contributed by atoms with Crippen molar-refractivity contribution >= 4 is 17.6 Å². The van der Waals surface area contributed by atoms with Crippen molar-refractivity contribution in [2.24, 2.45) is 0 Å². The summed E-state index contributed by atoms with van der Waals surface area (Å²) in [6.07, 6.45) is 1.53. The summed E-state index contributed by atoms with van der Waals surface area (Å²) >= 11 is 5.94. The van der Waals surface area contributed by atoms with Crippen LogP contribution in [0.1, 0.15) is 25.0 Å². The number of alkyl halides is 1. The Kier molecular flexibility index (Phi) is 5.33. The maximum Gasteiger partial charge on any atom is 0.324 e. The molecule has 0 radical (unpaired) electrons. The second-order valence-electron chi connectivity index (χ2n) is 3.59. The summed E-state index contributed by atoms with van der Waals surface area (Å²) < 4.78 is 4.85. The van der Waals surface area contributed by atoms with Crippen molar-refractivity contribution in [3.8, 4) is 0 Å². The minimum atomic E-state index is -0.590. The highest BCUT2D eigenvalue weighted by atomic mass is 35.5. The number of benzene rings is 1. The van der Waals surface area contributed by atoms with Crippen LogP contribution < -0.4 is 0 Å². The summed E-state index contributed by atoms with van der Waals surface area (Å²) in [4.78, 5) is 11.3. The van der Waals surface area contributed by atoms with Gasteiger partial charge in [0.1, 0.15) is 5.38 Å². The molecule has 1 rings (SSSR count). The van der Waals surface area contributed by atoms with Gasteiger partial charge in [-0.25, -0.2) is 0 Å². The quantitative estimate of drug-likeness (QED) is 0.584. The van der Waals surface area contributed by atoms with E-state index in [0.29, 0.717) is 13.0 Å². The fraction of sp³-hybridized carbons (Fsp3) is 0.462. The third-order valence-electron chi connectivity index (χ3n) is 2.39. The van der Waals surface area contributed by atoms with Crippen molar-refractivity contribution in [1.29, 1.82) is 0 Å². The average Bonchev–Trinajstić information content (AvgIpc) is 2.30. The summed E-state index contributed by atoms with van der Waals surface area (Å²) in [5.41, 5.74) is 2.34. The Labute approximate surface area is 102 Å². The molecule has 1 aromatic carbocycles. The van der Waals surface area contributed by atoms with E-state index in [1.54, 1.807) is 6.92 Å². The summed E-state index contributed by atoms with van der Waals surface area (Å²) in [5.74, 6) is -0.344. The molecule has 1 atom stereocenters. The highest BCUT2D eigenvalue weighted by molar-refractivity contribution is 6.30. The van der Waals surface area contributed by atoms with Crippen molar-refractivity contribution in [2.45, 2.75) is 32.1 Å². The molecule has 0 aliphatic rings. The molecule has 88 valence electrons. The van der Waals surface area contributed by atoms with Crippen LogP contribution in [0, 0.1) is 0 Å². The molecular weight excluding hydrogens is 224 g/mol. The van der Waals surface area contributed by atoms with Gasteiger partial charge in [0.25, 0.3) is 0 Å². The van der Waals surface area contributed by atoms with Crippen molar-refractivity contribution in [2.75, 3.05) is 6.61 Å². The van der Waals surface area contributed by atoms with Crippen molar-refractivity contribution < 1.29 is 9.53 Å². The van der Waals surface area contributed by atoms with E-state index >= 15 is 0 Å². The van der Waals surface area contributed by atoms with E-state index in [2.05, 4.69) is 19.1 Å². The normalized spacial score (nSPS) is 12.2. The molecule has 0 aromatic heterocycles. The zero-order valence-electron chi connectivity index (χ0n) is 9.70. The van der Waals surface area contributed by atoms with Gasteiger partial charge in [0, 0.05) is 0 Å². The van der Waals surface area contributed by atoms with Crippen LogP contribution in [0.15, 0.2) is 24.3 Å². The van der Waals surface area contributed by atoms with Crippen LogP contribution in [-0.2, 0) is 22.4 Å². The molecule has 0 aliphatic carbocycles. The van der Waals surface area contributed by atoms with Crippen LogP contribution in [0.2, 0.25) is 0 Å². The van der Waals surface area contributed by atoms with E-state index in [4.69, 9.17) is 16.3 Å². The molecule has 0 N–H and O–H groups in total. The second kappa shape index (κ2) is 6.54. The summed E-state index contributed by atoms with van der Waals surface area (Å²) in [6.45, 7) is 4.26. The molecule has 2 nitrogen and oxygen atoms in total. The van der Waals surface area contributed by atoms with Crippen molar-refractivity contribution in [3.63, 3.8) is 0 Å². The minimum absolute atomic E-state index is 0.344. The number of carbonyl (C=O) groups is 1. The molecule has 0 heterocycles. The molecule has 1 unspecified atom stereocenters. The standard InChI is InChI=1S/C13H17ClO2/c1-3-10-5-7-11(8-6-10)9-12(14)13(15)16-4-2/h5-8,12H,3-4,9H2,1-2H3. The molecule has 0 fully saturated rings. The molecule has 3 heteroatoms. The molecule has 0 spiro atoms. The number of halogens is 1. The Morgan fingerprint density at radius 2 is 1.81 bits per heavy atom. The van der Waals surface area contributed by atoms with E-state index in [1.165, 1.54) is 5.56 Å². The minimum Gasteiger partial charge on any atom is -0.465 e. The van der Waals surface area contributed by atoms with Crippen LogP contribution in [-0.4, -0.2) is 18.0 Å². The third kappa shape index (κ3) is 3.86. The van der Waals surface area contributed by atoms with E-state index in [1.807, 2.05) is 12.1 Å². The van der Waals surface area contributed by atoms with E-state index in [0.717, 1.165) is 12.0 Å². The van der Waals surface area contributed by atoms with Gasteiger partial charge < -0.3 is 4.74 Å². The van der Waals surface area contributed by atoms with E-state index in [9.17, 15) is 4.79 Å². The maximum absolute atomic E-state index is 11.3. The number of ether oxygens (including phenoxy) is 1. The molecule has 0 bridgehead atoms. The van der Waals surface area contributed by atoms with Gasteiger partial charge >= 0.3 is 5.97 Å². The predicted octanol–water partition coefficient (Wildman–Crippen LogP) is 2.96. The number of carbonyl (C=O) groups excluding carboxylic acids is 1. The van der Waals surface area contributed by atoms with Crippen LogP contribution in [0.3, 0.4) is 0 Å². The number of esters is 1. The SMILES string of the molecule is CCOC(=O)C(Cl)Cc1ccc(CC)cc1. The molecule has 16 heavy (non-hydrogen) atoms. The van der Waals surface area contributed by atoms with Crippen molar-refractivity contribution in [3.05, 3.63) is 35.4 Å². The zero-order valence-corrected chi connectivity index (χ0v) is 10.5. The molecular formula is C13H17ClO2. The fourth-order valence-corrected chi connectivity index (χ4v) is 1.68. The lowest BCUT2D eigenvalue weighted by atomic mass is 10.1. The lowest BCUT2D eigenvalue weighted by molar-refractivity contribution is -0.142. The van der Waals surface area contributed by atoms with Gasteiger partial charge in [-0.05, 0) is 30.9 Å². The molecule has 0 aliphatic heterocycles. The topological polar surface area (TPSA) is 26.3 Å². The zero-order chi connectivity index (χ0) is 12.0. The Balaban J connectivity index is 2.55. The molecule has 0 saturated heterocycles. The number of rotatable bonds is 5. The van der Waals surface area contributed by atoms with Gasteiger partial charge in [0.05, 0.1) is 6.61 Å². The number of aryl methyl sites for hydroxylation is 1. The van der Waals surface area contributed by atoms with Crippen LogP contribution in [0.25, 0.3) is 0 Å². The number of hydrogen-bond acceptors (Lipinski definition) is 2. The van der Waals surface area contributed by atoms with E-state index < -0.39 is 5.38 Å². The van der Waals surface area contributed by atoms with Crippen LogP contribution >= 0.6 is 11.6 Å². The largest absolute Gasteiger partial charge is 0.465 e. The monoisotopic (exact) mass is 240 g/mol. The Morgan fingerprint density at radius 1 is 1.25 bits per heavy atom. The first kappa shape index (κ1) is 13.0. The number of hydrogen-bond donors (Lipinski definition) is 0. The van der Waals surface area contributed by atoms with Crippen LogP contribution in [0.5, 0.6) is 0 Å². The summed E-state index contributed by atoms with van der Waals surface area (Å²) in [7, 11) is 0. The predicted molar refractivity (Wildman–Crippen MR) is 65.8 cm³/mol. The van der Waals surface area contributed by atoms with Crippen molar-refractivity contribution in [1.82, 2.24) is 0 Å². The Bertz CT molecular complexity index is 332. The molecule has 1 aromatic rings. The first-order valence-electron chi connectivity index (χ1n) is 5.55. The first-order valence-corrected chi connectivity index (χ1v) is 5.99. The van der Waals surface area contributed by atoms with Gasteiger partial charge in [-0.15, -0.1) is 11.6 Å². The van der Waals surface area contributed by atoms with Crippen LogP contribution in [0.4, 0.5) is 0 Å². The fourth-order valence-electron chi connectivity index (χ4n) is 1.43. The Hall–Kier alpha value is -1.02. The highest BCUT2D eigenvalue weighted by Crippen LogP contribution is 2.11. The molecule has 0 amide bonds. The smallest absolute Gasteiger partial charge is 0.324 e. The second-order valence-corrected chi connectivity index (χ2v) is 4.12. The van der Waals surface area contributed by atoms with Gasteiger partial charge in [-0.3, -0.25) is 4.79 Å². The third-order valence-corrected chi connectivity index (χ3v) is 2.72.